The summed E-state index contributed by atoms with van der Waals surface area (Å²) in [5, 5.41) is 13.9. The highest BCUT2D eigenvalue weighted by atomic mass is 16.3. The first-order chi connectivity index (χ1) is 32.0. The number of benzene rings is 10. The summed E-state index contributed by atoms with van der Waals surface area (Å²) in [4.78, 5) is 2.45. The van der Waals surface area contributed by atoms with Crippen molar-refractivity contribution < 1.29 is 4.42 Å². The number of para-hydroxylation sites is 1. The van der Waals surface area contributed by atoms with E-state index in [0.29, 0.717) is 0 Å². The minimum atomic E-state index is -0.155. The average Bonchev–Trinajstić information content (AvgIpc) is 3.85. The molecular weight excluding hydrogens is 787 g/mol. The van der Waals surface area contributed by atoms with E-state index >= 15 is 0 Å². The zero-order valence-electron chi connectivity index (χ0n) is 36.2. The molecule has 306 valence electrons. The largest absolute Gasteiger partial charge is 0.455 e. The van der Waals surface area contributed by atoms with E-state index in [1.165, 1.54) is 65.7 Å². The molecule has 0 saturated heterocycles. The second-order valence-electron chi connectivity index (χ2n) is 18.0. The molecule has 13 rings (SSSR count). The molecule has 0 radical (unpaired) electrons. The molecule has 0 atom stereocenters. The van der Waals surface area contributed by atoms with Crippen LogP contribution >= 0.6 is 0 Å². The maximum absolute atomic E-state index is 6.99. The molecule has 1 aliphatic rings. The standard InChI is InChI=1S/C63H43NO/c1-63(2)58-26-14-12-23-51(58)52-35-33-44(39-59(52)63)64(42-30-28-41(29-31-42)40-16-4-3-5-17-40)43-32-34-50-48-21-9-7-19-46(48)45-18-6-8-20-47(45)49-22-10-11-25-54(49)61-55(57(50)38-43)36-37-56-53-24-13-15-27-60(53)65-62(56)61/h3-39H,1-2H3. The average molecular weight is 830 g/mol. The summed E-state index contributed by atoms with van der Waals surface area (Å²) >= 11 is 0. The van der Waals surface area contributed by atoms with Crippen LogP contribution in [0.3, 0.4) is 0 Å². The van der Waals surface area contributed by atoms with Gasteiger partial charge < -0.3 is 9.32 Å². The van der Waals surface area contributed by atoms with E-state index in [-0.39, 0.29) is 5.41 Å². The summed E-state index contributed by atoms with van der Waals surface area (Å²) in [5.74, 6) is 0. The Kier molecular flexibility index (Phi) is 8.29. The Morgan fingerprint density at radius 2 is 0.785 bits per heavy atom. The van der Waals surface area contributed by atoms with Crippen LogP contribution in [0.5, 0.6) is 0 Å². The molecule has 1 aliphatic carbocycles. The van der Waals surface area contributed by atoms with Gasteiger partial charge >= 0.3 is 0 Å². The second-order valence-corrected chi connectivity index (χ2v) is 18.0. The Hall–Kier alpha value is -8.20. The molecule has 2 nitrogen and oxygen atoms in total. The third-order valence-electron chi connectivity index (χ3n) is 14.1. The van der Waals surface area contributed by atoms with Crippen LogP contribution in [0.15, 0.2) is 229 Å². The highest BCUT2D eigenvalue weighted by molar-refractivity contribution is 6.31. The number of hydrogen-bond acceptors (Lipinski definition) is 2. The number of rotatable bonds is 4. The van der Waals surface area contributed by atoms with Crippen molar-refractivity contribution >= 4 is 92.9 Å². The Morgan fingerprint density at radius 3 is 1.49 bits per heavy atom. The van der Waals surface area contributed by atoms with Crippen molar-refractivity contribution in [2.45, 2.75) is 19.3 Å². The molecule has 65 heavy (non-hydrogen) atoms. The highest BCUT2D eigenvalue weighted by Gasteiger charge is 2.35. The van der Waals surface area contributed by atoms with E-state index in [0.717, 1.165) is 60.5 Å². The molecule has 1 aromatic heterocycles. The van der Waals surface area contributed by atoms with Gasteiger partial charge in [-0.25, -0.2) is 0 Å². The van der Waals surface area contributed by atoms with Crippen LogP contribution in [0.25, 0.3) is 98.1 Å². The zero-order valence-corrected chi connectivity index (χ0v) is 36.2. The van der Waals surface area contributed by atoms with Gasteiger partial charge in [0.2, 0.25) is 0 Å². The van der Waals surface area contributed by atoms with Crippen LogP contribution in [-0.2, 0) is 5.41 Å². The molecule has 0 aliphatic heterocycles. The van der Waals surface area contributed by atoms with Gasteiger partial charge in [0.25, 0.3) is 0 Å². The minimum absolute atomic E-state index is 0.155. The smallest absolute Gasteiger partial charge is 0.143 e. The Labute approximate surface area is 377 Å². The molecular formula is C63H43NO. The predicted molar refractivity (Wildman–Crippen MR) is 277 cm³/mol. The quantitative estimate of drug-likeness (QED) is 0.176. The molecule has 11 aromatic carbocycles. The van der Waals surface area contributed by atoms with Crippen LogP contribution in [0.1, 0.15) is 25.0 Å². The van der Waals surface area contributed by atoms with Gasteiger partial charge in [0, 0.05) is 38.6 Å². The summed E-state index contributed by atoms with van der Waals surface area (Å²) in [6.45, 7) is 4.72. The summed E-state index contributed by atoms with van der Waals surface area (Å²) in [5.41, 5.74) is 12.6. The molecule has 12 aromatic rings. The lowest BCUT2D eigenvalue weighted by Crippen LogP contribution is -2.16. The zero-order chi connectivity index (χ0) is 43.2. The molecule has 2 heteroatoms. The van der Waals surface area contributed by atoms with Crippen LogP contribution in [-0.4, -0.2) is 0 Å². The SMILES string of the molecule is CC1(C)c2ccccc2-c2ccc(N(c3ccc(-c4ccccc4)cc3)c3ccc4c5ccccc5c5ccccc5c5ccccc5c5c(ccc6c7ccccc7oc65)c4c3)cc21. The fraction of sp³-hybridized carbons (Fsp3) is 0.0476. The third kappa shape index (κ3) is 5.74. The lowest BCUT2D eigenvalue weighted by Gasteiger charge is -2.28. The van der Waals surface area contributed by atoms with E-state index < -0.39 is 0 Å². The first-order valence-electron chi connectivity index (χ1n) is 22.6. The lowest BCUT2D eigenvalue weighted by molar-refractivity contribution is 0.660. The highest BCUT2D eigenvalue weighted by Crippen LogP contribution is 2.51. The van der Waals surface area contributed by atoms with Crippen molar-refractivity contribution in [3.8, 4) is 22.3 Å². The van der Waals surface area contributed by atoms with Crippen molar-refractivity contribution in [1.82, 2.24) is 0 Å². The van der Waals surface area contributed by atoms with Crippen LogP contribution in [0, 0.1) is 0 Å². The molecule has 0 spiro atoms. The topological polar surface area (TPSA) is 16.4 Å². The number of fused-ring (bicyclic) bond motifs is 17. The van der Waals surface area contributed by atoms with Crippen LogP contribution in [0.2, 0.25) is 0 Å². The van der Waals surface area contributed by atoms with Gasteiger partial charge in [-0.05, 0) is 130 Å². The third-order valence-corrected chi connectivity index (χ3v) is 14.1. The van der Waals surface area contributed by atoms with Gasteiger partial charge in [0.15, 0.2) is 0 Å². The molecule has 0 bridgehead atoms. The van der Waals surface area contributed by atoms with E-state index in [4.69, 9.17) is 4.42 Å². The van der Waals surface area contributed by atoms with Crippen molar-refractivity contribution in [2.24, 2.45) is 0 Å². The van der Waals surface area contributed by atoms with Gasteiger partial charge in [-0.1, -0.05) is 190 Å². The van der Waals surface area contributed by atoms with Gasteiger partial charge in [-0.15, -0.1) is 0 Å². The summed E-state index contributed by atoms with van der Waals surface area (Å²) in [6.07, 6.45) is 0. The Bertz CT molecular complexity index is 3970. The summed E-state index contributed by atoms with van der Waals surface area (Å²) in [6, 6.07) is 82.4. The van der Waals surface area contributed by atoms with Crippen LogP contribution < -0.4 is 4.90 Å². The summed E-state index contributed by atoms with van der Waals surface area (Å²) in [7, 11) is 0. The predicted octanol–water partition coefficient (Wildman–Crippen LogP) is 17.9. The lowest BCUT2D eigenvalue weighted by atomic mass is 9.82. The molecule has 1 heterocycles. The molecule has 0 saturated carbocycles. The van der Waals surface area contributed by atoms with Crippen molar-refractivity contribution in [2.75, 3.05) is 4.90 Å². The number of anilines is 3. The van der Waals surface area contributed by atoms with E-state index in [2.05, 4.69) is 243 Å². The molecule has 0 fully saturated rings. The van der Waals surface area contributed by atoms with E-state index in [1.807, 2.05) is 0 Å². The van der Waals surface area contributed by atoms with Gasteiger partial charge in [-0.2, -0.15) is 0 Å². The first-order valence-corrected chi connectivity index (χ1v) is 22.6. The molecule has 0 amide bonds. The maximum atomic E-state index is 6.99. The second kappa shape index (κ2) is 14.4. The van der Waals surface area contributed by atoms with E-state index in [9.17, 15) is 0 Å². The fourth-order valence-electron chi connectivity index (χ4n) is 11.0. The maximum Gasteiger partial charge on any atom is 0.143 e. The number of hydrogen-bond donors (Lipinski definition) is 0. The fourth-order valence-corrected chi connectivity index (χ4v) is 11.0. The molecule has 0 N–H and O–H groups in total. The normalized spacial score (nSPS) is 12.9. The Balaban J connectivity index is 1.17. The van der Waals surface area contributed by atoms with Crippen molar-refractivity contribution in [3.63, 3.8) is 0 Å². The molecule has 0 unspecified atom stereocenters. The van der Waals surface area contributed by atoms with Gasteiger partial charge in [0.05, 0.1) is 0 Å². The van der Waals surface area contributed by atoms with E-state index in [1.54, 1.807) is 0 Å². The first kappa shape index (κ1) is 37.4. The van der Waals surface area contributed by atoms with Crippen LogP contribution in [0.4, 0.5) is 17.1 Å². The van der Waals surface area contributed by atoms with Crippen molar-refractivity contribution in [1.29, 1.82) is 0 Å². The minimum Gasteiger partial charge on any atom is -0.455 e. The van der Waals surface area contributed by atoms with Gasteiger partial charge in [-0.3, -0.25) is 0 Å². The number of furan rings is 1. The monoisotopic (exact) mass is 829 g/mol. The Morgan fingerprint density at radius 1 is 0.323 bits per heavy atom. The van der Waals surface area contributed by atoms with Gasteiger partial charge in [0.1, 0.15) is 11.2 Å². The number of nitrogens with zero attached hydrogens (tertiary/aromatic N) is 1. The summed E-state index contributed by atoms with van der Waals surface area (Å²) < 4.78 is 6.99. The van der Waals surface area contributed by atoms with Crippen molar-refractivity contribution in [3.05, 3.63) is 236 Å².